The van der Waals surface area contributed by atoms with Gasteiger partial charge in [0.15, 0.2) is 0 Å². The van der Waals surface area contributed by atoms with Crippen molar-refractivity contribution < 1.29 is 24.6 Å². The molecule has 0 aromatic heterocycles. The summed E-state index contributed by atoms with van der Waals surface area (Å²) in [4.78, 5) is 39.6. The van der Waals surface area contributed by atoms with E-state index in [1.165, 1.54) is 4.90 Å². The van der Waals surface area contributed by atoms with Crippen LogP contribution in [0.5, 0.6) is 0 Å². The fourth-order valence-electron chi connectivity index (χ4n) is 5.11. The molecular formula is C33H29NO5. The third-order valence-corrected chi connectivity index (χ3v) is 7.15. The Morgan fingerprint density at radius 2 is 1.46 bits per heavy atom. The van der Waals surface area contributed by atoms with Gasteiger partial charge >= 0.3 is 5.97 Å². The molecule has 1 unspecified atom stereocenters. The van der Waals surface area contributed by atoms with Crippen LogP contribution in [0, 0.1) is 0 Å². The molecule has 2 N–H and O–H groups in total. The van der Waals surface area contributed by atoms with Gasteiger partial charge in [0.1, 0.15) is 5.76 Å². The number of fused-ring (bicyclic) bond motifs is 1. The van der Waals surface area contributed by atoms with Crippen LogP contribution in [0.15, 0.2) is 96.6 Å². The first kappa shape index (κ1) is 25.9. The standard InChI is InChI=1S/C33H29NO5/c1-33(2,3)23-15-13-22(14-16-23)29-28(30(37)26-10-6-8-21-7-4-5-9-25(21)26)31(38)32(39)34(29)24-17-11-20(12-18-24)19-27(35)36/h4-18,29,37H,19H2,1-3H3,(H,35,36)/b30-28-. The smallest absolute Gasteiger partial charge is 0.307 e. The second-order valence-corrected chi connectivity index (χ2v) is 10.8. The van der Waals surface area contributed by atoms with Gasteiger partial charge in [-0.25, -0.2) is 0 Å². The number of aliphatic hydroxyl groups is 1. The number of carbonyl (C=O) groups is 3. The highest BCUT2D eigenvalue weighted by Crippen LogP contribution is 2.43. The minimum Gasteiger partial charge on any atom is -0.507 e. The molecule has 39 heavy (non-hydrogen) atoms. The van der Waals surface area contributed by atoms with Crippen molar-refractivity contribution in [2.45, 2.75) is 38.6 Å². The summed E-state index contributed by atoms with van der Waals surface area (Å²) in [5, 5.41) is 22.4. The van der Waals surface area contributed by atoms with Crippen LogP contribution >= 0.6 is 0 Å². The maximum absolute atomic E-state index is 13.6. The fraction of sp³-hybridized carbons (Fsp3) is 0.182. The number of aliphatic carboxylic acids is 1. The van der Waals surface area contributed by atoms with E-state index >= 15 is 0 Å². The third-order valence-electron chi connectivity index (χ3n) is 7.15. The maximum Gasteiger partial charge on any atom is 0.307 e. The topological polar surface area (TPSA) is 94.9 Å². The van der Waals surface area contributed by atoms with Gasteiger partial charge in [0.05, 0.1) is 18.0 Å². The summed E-state index contributed by atoms with van der Waals surface area (Å²) in [7, 11) is 0. The van der Waals surface area contributed by atoms with Crippen molar-refractivity contribution in [1.82, 2.24) is 0 Å². The predicted molar refractivity (Wildman–Crippen MR) is 152 cm³/mol. The molecule has 0 radical (unpaired) electrons. The van der Waals surface area contributed by atoms with Gasteiger partial charge in [0, 0.05) is 11.3 Å². The molecule has 6 heteroatoms. The van der Waals surface area contributed by atoms with Gasteiger partial charge < -0.3 is 10.2 Å². The van der Waals surface area contributed by atoms with E-state index in [1.54, 1.807) is 30.3 Å². The van der Waals surface area contributed by atoms with Gasteiger partial charge in [-0.15, -0.1) is 0 Å². The number of hydrogen-bond donors (Lipinski definition) is 2. The van der Waals surface area contributed by atoms with Gasteiger partial charge in [-0.2, -0.15) is 0 Å². The van der Waals surface area contributed by atoms with Crippen molar-refractivity contribution in [3.63, 3.8) is 0 Å². The van der Waals surface area contributed by atoms with Crippen LogP contribution in [-0.4, -0.2) is 27.9 Å². The number of ketones is 1. The summed E-state index contributed by atoms with van der Waals surface area (Å²) in [5.41, 5.74) is 3.17. The number of benzene rings is 4. The van der Waals surface area contributed by atoms with Crippen LogP contribution in [0.1, 0.15) is 49.1 Å². The Kier molecular flexibility index (Phi) is 6.56. The van der Waals surface area contributed by atoms with Crippen LogP contribution in [-0.2, 0) is 26.2 Å². The number of carbonyl (C=O) groups excluding carboxylic acids is 2. The van der Waals surface area contributed by atoms with Crippen molar-refractivity contribution in [3.8, 4) is 0 Å². The number of Topliss-reactive ketones (excluding diaryl/α,β-unsaturated/α-hetero) is 1. The second-order valence-electron chi connectivity index (χ2n) is 10.8. The Morgan fingerprint density at radius 3 is 2.10 bits per heavy atom. The SMILES string of the molecule is CC(C)(C)c1ccc(C2/C(=C(/O)c3cccc4ccccc34)C(=O)C(=O)N2c2ccc(CC(=O)O)cc2)cc1. The van der Waals surface area contributed by atoms with Gasteiger partial charge in [-0.1, -0.05) is 99.6 Å². The van der Waals surface area contributed by atoms with Gasteiger partial charge in [-0.05, 0) is 45.0 Å². The lowest BCUT2D eigenvalue weighted by Gasteiger charge is -2.27. The molecule has 1 atom stereocenters. The van der Waals surface area contributed by atoms with E-state index in [0.717, 1.165) is 16.3 Å². The molecular weight excluding hydrogens is 490 g/mol. The van der Waals surface area contributed by atoms with Gasteiger partial charge in [0.2, 0.25) is 0 Å². The van der Waals surface area contributed by atoms with E-state index in [0.29, 0.717) is 22.4 Å². The van der Waals surface area contributed by atoms with Crippen LogP contribution in [0.2, 0.25) is 0 Å². The Labute approximate surface area is 226 Å². The summed E-state index contributed by atoms with van der Waals surface area (Å²) in [5.74, 6) is -2.73. The molecule has 0 aliphatic carbocycles. The van der Waals surface area contributed by atoms with Gasteiger partial charge in [0.25, 0.3) is 11.7 Å². The highest BCUT2D eigenvalue weighted by atomic mass is 16.4. The first-order valence-corrected chi connectivity index (χ1v) is 12.8. The monoisotopic (exact) mass is 519 g/mol. The molecule has 0 saturated carbocycles. The molecule has 4 aromatic rings. The van der Waals surface area contributed by atoms with Crippen LogP contribution < -0.4 is 4.90 Å². The minimum atomic E-state index is -0.961. The number of aliphatic hydroxyl groups excluding tert-OH is 1. The molecule has 4 aromatic carbocycles. The van der Waals surface area contributed by atoms with E-state index in [4.69, 9.17) is 5.11 Å². The lowest BCUT2D eigenvalue weighted by molar-refractivity contribution is -0.136. The largest absolute Gasteiger partial charge is 0.507 e. The first-order valence-electron chi connectivity index (χ1n) is 12.8. The van der Waals surface area contributed by atoms with E-state index < -0.39 is 23.7 Å². The zero-order valence-electron chi connectivity index (χ0n) is 22.0. The molecule has 1 amide bonds. The number of carboxylic acid groups (broad SMARTS) is 1. The summed E-state index contributed by atoms with van der Waals surface area (Å²) < 4.78 is 0. The summed E-state index contributed by atoms with van der Waals surface area (Å²) >= 11 is 0. The highest BCUT2D eigenvalue weighted by Gasteiger charge is 2.47. The second kappa shape index (κ2) is 9.87. The lowest BCUT2D eigenvalue weighted by Crippen LogP contribution is -2.29. The van der Waals surface area contributed by atoms with Gasteiger partial charge in [-0.3, -0.25) is 19.3 Å². The third kappa shape index (κ3) is 4.81. The zero-order chi connectivity index (χ0) is 27.9. The number of amides is 1. The number of hydrogen-bond acceptors (Lipinski definition) is 4. The average molecular weight is 520 g/mol. The van der Waals surface area contributed by atoms with E-state index in [2.05, 4.69) is 20.8 Å². The number of nitrogens with zero attached hydrogens (tertiary/aromatic N) is 1. The molecule has 1 fully saturated rings. The maximum atomic E-state index is 13.6. The molecule has 0 bridgehead atoms. The van der Waals surface area contributed by atoms with Crippen molar-refractivity contribution in [1.29, 1.82) is 0 Å². The zero-order valence-corrected chi connectivity index (χ0v) is 22.0. The summed E-state index contributed by atoms with van der Waals surface area (Å²) in [6.45, 7) is 6.31. The first-order chi connectivity index (χ1) is 18.6. The van der Waals surface area contributed by atoms with Crippen molar-refractivity contribution in [2.75, 3.05) is 4.90 Å². The van der Waals surface area contributed by atoms with Crippen molar-refractivity contribution >= 4 is 39.9 Å². The highest BCUT2D eigenvalue weighted by molar-refractivity contribution is 6.51. The molecule has 196 valence electrons. The average Bonchev–Trinajstić information content (AvgIpc) is 3.18. The van der Waals surface area contributed by atoms with Crippen molar-refractivity contribution in [3.05, 3.63) is 119 Å². The molecule has 6 nitrogen and oxygen atoms in total. The number of rotatable bonds is 5. The molecule has 1 saturated heterocycles. The normalized spacial score (nSPS) is 17.1. The number of carboxylic acids is 1. The molecule has 5 rings (SSSR count). The summed E-state index contributed by atoms with van der Waals surface area (Å²) in [6, 6.07) is 26.4. The summed E-state index contributed by atoms with van der Waals surface area (Å²) in [6.07, 6.45) is -0.155. The van der Waals surface area contributed by atoms with Crippen LogP contribution in [0.4, 0.5) is 5.69 Å². The van der Waals surface area contributed by atoms with E-state index in [-0.39, 0.29) is 23.2 Å². The Bertz CT molecular complexity index is 1620. The van der Waals surface area contributed by atoms with Crippen LogP contribution in [0.3, 0.4) is 0 Å². The minimum absolute atomic E-state index is 0.00877. The molecule has 1 heterocycles. The fourth-order valence-corrected chi connectivity index (χ4v) is 5.11. The Hall–Kier alpha value is -4.71. The Balaban J connectivity index is 1.70. The molecule has 1 aliphatic heterocycles. The van der Waals surface area contributed by atoms with Crippen molar-refractivity contribution in [2.24, 2.45) is 0 Å². The van der Waals surface area contributed by atoms with E-state index in [1.807, 2.05) is 60.7 Å². The molecule has 0 spiro atoms. The predicted octanol–water partition coefficient (Wildman–Crippen LogP) is 6.39. The Morgan fingerprint density at radius 1 is 0.821 bits per heavy atom. The molecule has 1 aliphatic rings. The van der Waals surface area contributed by atoms with E-state index in [9.17, 15) is 19.5 Å². The van der Waals surface area contributed by atoms with Crippen LogP contribution in [0.25, 0.3) is 16.5 Å². The number of anilines is 1. The lowest BCUT2D eigenvalue weighted by atomic mass is 9.85. The quantitative estimate of drug-likeness (QED) is 0.181.